The van der Waals surface area contributed by atoms with E-state index in [0.717, 1.165) is 22.6 Å². The first-order chi connectivity index (χ1) is 13.2. The van der Waals surface area contributed by atoms with Gasteiger partial charge in [-0.15, -0.1) is 10.2 Å². The van der Waals surface area contributed by atoms with E-state index in [1.54, 1.807) is 12.1 Å². The number of hydrogen-bond acceptors (Lipinski definition) is 9. The summed E-state index contributed by atoms with van der Waals surface area (Å²) in [4.78, 5) is 14.4. The number of anilines is 2. The van der Waals surface area contributed by atoms with E-state index >= 15 is 0 Å². The number of carbonyl (C=O) groups is 1. The normalized spacial score (nSPS) is 16.3. The predicted octanol–water partition coefficient (Wildman–Crippen LogP) is 2.53. The molecule has 0 spiro atoms. The summed E-state index contributed by atoms with van der Waals surface area (Å²) >= 11 is 9.04. The maximum Gasteiger partial charge on any atom is 0.234 e. The summed E-state index contributed by atoms with van der Waals surface area (Å²) in [6.45, 7) is 3.96. The maximum atomic E-state index is 12.3. The number of carbonyl (C=O) groups excluding carboxylic acids is 1. The highest BCUT2D eigenvalue weighted by atomic mass is 35.5. The van der Waals surface area contributed by atoms with Gasteiger partial charge in [0, 0.05) is 25.2 Å². The molecule has 1 saturated heterocycles. The molecule has 2 aromatic rings. The minimum atomic E-state index is -0.179. The van der Waals surface area contributed by atoms with Crippen LogP contribution < -0.4 is 19.7 Å². The molecule has 0 saturated carbocycles. The number of fused-ring (bicyclic) bond motifs is 1. The van der Waals surface area contributed by atoms with Crippen molar-refractivity contribution >= 4 is 51.4 Å². The van der Waals surface area contributed by atoms with E-state index in [2.05, 4.69) is 20.4 Å². The number of ether oxygens (including phenoxy) is 3. The van der Waals surface area contributed by atoms with Crippen molar-refractivity contribution in [3.63, 3.8) is 0 Å². The first kappa shape index (κ1) is 18.6. The zero-order valence-electron chi connectivity index (χ0n) is 14.3. The Balaban J connectivity index is 1.33. The lowest BCUT2D eigenvalue weighted by Crippen LogP contribution is -2.36. The van der Waals surface area contributed by atoms with Gasteiger partial charge >= 0.3 is 0 Å². The van der Waals surface area contributed by atoms with Crippen molar-refractivity contribution < 1.29 is 19.0 Å². The molecule has 1 aromatic heterocycles. The molecular weight excluding hydrogens is 412 g/mol. The van der Waals surface area contributed by atoms with Crippen LogP contribution in [0.5, 0.6) is 11.5 Å². The molecule has 27 heavy (non-hydrogen) atoms. The molecule has 1 fully saturated rings. The fourth-order valence-corrected chi connectivity index (χ4v) is 4.51. The van der Waals surface area contributed by atoms with E-state index in [9.17, 15) is 4.79 Å². The Kier molecular flexibility index (Phi) is 5.86. The van der Waals surface area contributed by atoms with E-state index in [1.165, 1.54) is 23.1 Å². The van der Waals surface area contributed by atoms with Crippen molar-refractivity contribution in [2.24, 2.45) is 0 Å². The molecule has 11 heteroatoms. The van der Waals surface area contributed by atoms with Crippen LogP contribution in [0.2, 0.25) is 5.02 Å². The summed E-state index contributed by atoms with van der Waals surface area (Å²) in [7, 11) is 0. The number of hydrogen-bond donors (Lipinski definition) is 1. The highest BCUT2D eigenvalue weighted by molar-refractivity contribution is 8.01. The van der Waals surface area contributed by atoms with Gasteiger partial charge in [0.25, 0.3) is 0 Å². The lowest BCUT2D eigenvalue weighted by atomic mass is 10.2. The highest BCUT2D eigenvalue weighted by Gasteiger charge is 2.18. The molecule has 2 aliphatic heterocycles. The van der Waals surface area contributed by atoms with Crippen molar-refractivity contribution in [2.75, 3.05) is 55.5 Å². The Hall–Kier alpha value is -1.75. The van der Waals surface area contributed by atoms with Crippen molar-refractivity contribution in [1.29, 1.82) is 0 Å². The van der Waals surface area contributed by atoms with E-state index in [-0.39, 0.29) is 11.7 Å². The van der Waals surface area contributed by atoms with E-state index in [4.69, 9.17) is 25.8 Å². The van der Waals surface area contributed by atoms with Crippen LogP contribution in [0.4, 0.5) is 10.8 Å². The quantitative estimate of drug-likeness (QED) is 0.727. The number of nitrogens with one attached hydrogen (secondary N) is 1. The Labute approximate surface area is 169 Å². The molecule has 3 heterocycles. The van der Waals surface area contributed by atoms with Crippen LogP contribution in [-0.4, -0.2) is 61.4 Å². The van der Waals surface area contributed by atoms with Crippen LogP contribution in [0.15, 0.2) is 16.5 Å². The third kappa shape index (κ3) is 4.57. The second kappa shape index (κ2) is 8.51. The standard InChI is InChI=1S/C16H17ClN4O4S2/c17-10-7-12-13(25-6-5-24-12)8-11(10)18-14(22)9-26-16-20-19-15(27-16)21-1-3-23-4-2-21/h7-8H,1-6,9H2,(H,18,22). The Morgan fingerprint density at radius 2 is 1.93 bits per heavy atom. The number of nitrogens with zero attached hydrogens (tertiary/aromatic N) is 3. The van der Waals surface area contributed by atoms with Gasteiger partial charge in [-0.25, -0.2) is 0 Å². The zero-order valence-corrected chi connectivity index (χ0v) is 16.7. The van der Waals surface area contributed by atoms with Crippen molar-refractivity contribution in [2.45, 2.75) is 4.34 Å². The largest absolute Gasteiger partial charge is 0.486 e. The van der Waals surface area contributed by atoms with Crippen molar-refractivity contribution in [3.8, 4) is 11.5 Å². The van der Waals surface area contributed by atoms with Gasteiger partial charge in [-0.2, -0.15) is 0 Å². The van der Waals surface area contributed by atoms with Crippen LogP contribution >= 0.6 is 34.7 Å². The number of halogens is 1. The Morgan fingerprint density at radius 1 is 1.19 bits per heavy atom. The molecule has 144 valence electrons. The molecule has 0 bridgehead atoms. The summed E-state index contributed by atoms with van der Waals surface area (Å²) in [6.07, 6.45) is 0. The number of morpholine rings is 1. The molecule has 0 unspecified atom stereocenters. The topological polar surface area (TPSA) is 85.8 Å². The molecule has 8 nitrogen and oxygen atoms in total. The second-order valence-corrected chi connectivity index (χ2v) is 8.35. The summed E-state index contributed by atoms with van der Waals surface area (Å²) in [5.41, 5.74) is 0.498. The molecule has 2 aliphatic rings. The molecular formula is C16H17ClN4O4S2. The first-order valence-corrected chi connectivity index (χ1v) is 10.5. The van der Waals surface area contributed by atoms with Crippen molar-refractivity contribution in [1.82, 2.24) is 10.2 Å². The van der Waals surface area contributed by atoms with Gasteiger partial charge < -0.3 is 24.4 Å². The summed E-state index contributed by atoms with van der Waals surface area (Å²) in [6, 6.07) is 3.33. The SMILES string of the molecule is O=C(CSc1nnc(N2CCOCC2)s1)Nc1cc2c(cc1Cl)OCCO2. The average molecular weight is 429 g/mol. The van der Waals surface area contributed by atoms with Crippen LogP contribution in [0, 0.1) is 0 Å². The smallest absolute Gasteiger partial charge is 0.234 e. The second-order valence-electron chi connectivity index (χ2n) is 5.76. The van der Waals surface area contributed by atoms with Crippen LogP contribution in [-0.2, 0) is 9.53 Å². The first-order valence-electron chi connectivity index (χ1n) is 8.37. The van der Waals surface area contributed by atoms with Gasteiger partial charge in [-0.1, -0.05) is 34.7 Å². The lowest BCUT2D eigenvalue weighted by molar-refractivity contribution is -0.113. The van der Waals surface area contributed by atoms with Gasteiger partial charge in [-0.3, -0.25) is 4.79 Å². The van der Waals surface area contributed by atoms with Gasteiger partial charge in [0.2, 0.25) is 11.0 Å². The van der Waals surface area contributed by atoms with Crippen LogP contribution in [0.3, 0.4) is 0 Å². The molecule has 4 rings (SSSR count). The number of benzene rings is 1. The summed E-state index contributed by atoms with van der Waals surface area (Å²) in [5, 5.41) is 12.4. The van der Waals surface area contributed by atoms with E-state index in [1.807, 2.05) is 0 Å². The molecule has 1 aromatic carbocycles. The van der Waals surface area contributed by atoms with E-state index in [0.29, 0.717) is 48.6 Å². The minimum absolute atomic E-state index is 0.179. The summed E-state index contributed by atoms with van der Waals surface area (Å²) in [5.74, 6) is 1.19. The fraction of sp³-hybridized carbons (Fsp3) is 0.438. The zero-order chi connectivity index (χ0) is 18.6. The number of aromatic nitrogens is 2. The molecule has 0 aliphatic carbocycles. The lowest BCUT2D eigenvalue weighted by Gasteiger charge is -2.25. The number of rotatable bonds is 5. The van der Waals surface area contributed by atoms with Crippen LogP contribution in [0.25, 0.3) is 0 Å². The summed E-state index contributed by atoms with van der Waals surface area (Å²) < 4.78 is 17.1. The third-order valence-electron chi connectivity index (χ3n) is 3.91. The molecule has 1 N–H and O–H groups in total. The van der Waals surface area contributed by atoms with Crippen LogP contribution in [0.1, 0.15) is 0 Å². The highest BCUT2D eigenvalue weighted by Crippen LogP contribution is 2.38. The number of amides is 1. The van der Waals surface area contributed by atoms with Gasteiger partial charge in [0.15, 0.2) is 15.8 Å². The molecule has 1 amide bonds. The average Bonchev–Trinajstić information content (AvgIpc) is 3.17. The predicted molar refractivity (Wildman–Crippen MR) is 105 cm³/mol. The third-order valence-corrected chi connectivity index (χ3v) is 6.34. The monoisotopic (exact) mass is 428 g/mol. The Morgan fingerprint density at radius 3 is 2.70 bits per heavy atom. The fourth-order valence-electron chi connectivity index (χ4n) is 2.62. The molecule has 0 radical (unpaired) electrons. The molecule has 0 atom stereocenters. The van der Waals surface area contributed by atoms with Gasteiger partial charge in [0.1, 0.15) is 13.2 Å². The Bertz CT molecular complexity index is 829. The maximum absolute atomic E-state index is 12.3. The van der Waals surface area contributed by atoms with Gasteiger partial charge in [0.05, 0.1) is 29.7 Å². The van der Waals surface area contributed by atoms with E-state index < -0.39 is 0 Å². The minimum Gasteiger partial charge on any atom is -0.486 e. The van der Waals surface area contributed by atoms with Gasteiger partial charge in [-0.05, 0) is 0 Å². The van der Waals surface area contributed by atoms with Crippen molar-refractivity contribution in [3.05, 3.63) is 17.2 Å². The number of thioether (sulfide) groups is 1.